The highest BCUT2D eigenvalue weighted by atomic mass is 14.6. The Morgan fingerprint density at radius 1 is 0.833 bits per heavy atom. The number of nitrogens with one attached hydrogen (secondary N) is 1. The predicted octanol–water partition coefficient (Wildman–Crippen LogP) is 4.99. The van der Waals surface area contributed by atoms with E-state index >= 15 is 0 Å². The Morgan fingerprint density at radius 2 is 1.50 bits per heavy atom. The summed E-state index contributed by atoms with van der Waals surface area (Å²) in [5.41, 5.74) is 14.0. The van der Waals surface area contributed by atoms with Crippen molar-refractivity contribution in [1.29, 1.82) is 5.41 Å². The van der Waals surface area contributed by atoms with Crippen LogP contribution in [-0.4, -0.2) is 5.71 Å². The van der Waals surface area contributed by atoms with Gasteiger partial charge in [0.1, 0.15) is 0 Å². The zero-order valence-corrected chi connectivity index (χ0v) is 13.9. The molecule has 2 nitrogen and oxygen atoms in total. The van der Waals surface area contributed by atoms with Crippen molar-refractivity contribution in [2.24, 2.45) is 0 Å². The molecule has 3 aromatic carbocycles. The first-order valence-electron chi connectivity index (χ1n) is 8.18. The van der Waals surface area contributed by atoms with Gasteiger partial charge in [0.25, 0.3) is 0 Å². The molecule has 118 valence electrons. The summed E-state index contributed by atoms with van der Waals surface area (Å²) in [5.74, 6) is 0. The summed E-state index contributed by atoms with van der Waals surface area (Å²) in [6, 6.07) is 22.5. The first kappa shape index (κ1) is 14.7. The summed E-state index contributed by atoms with van der Waals surface area (Å²) in [4.78, 5) is 0. The predicted molar refractivity (Wildman–Crippen MR) is 101 cm³/mol. The third-order valence-corrected chi connectivity index (χ3v) is 5.10. The molecule has 0 saturated carbocycles. The highest BCUT2D eigenvalue weighted by Gasteiger charge is 2.35. The normalized spacial score (nSPS) is 14.1. The molecule has 1 aliphatic rings. The minimum Gasteiger partial charge on any atom is -0.398 e. The Kier molecular flexibility index (Phi) is 3.10. The van der Waals surface area contributed by atoms with Crippen LogP contribution in [0.5, 0.6) is 0 Å². The molecule has 0 amide bonds. The molecular weight excluding hydrogens is 292 g/mol. The molecule has 2 heteroatoms. The second-order valence-corrected chi connectivity index (χ2v) is 6.89. The van der Waals surface area contributed by atoms with Crippen molar-refractivity contribution in [2.75, 3.05) is 5.73 Å². The van der Waals surface area contributed by atoms with Gasteiger partial charge in [0.2, 0.25) is 0 Å². The van der Waals surface area contributed by atoms with Crippen LogP contribution in [0.3, 0.4) is 0 Å². The lowest BCUT2D eigenvalue weighted by atomic mass is 9.81. The van der Waals surface area contributed by atoms with Gasteiger partial charge in [-0.2, -0.15) is 0 Å². The summed E-state index contributed by atoms with van der Waals surface area (Å²) >= 11 is 0. The Morgan fingerprint density at radius 3 is 2.29 bits per heavy atom. The van der Waals surface area contributed by atoms with Gasteiger partial charge in [-0.25, -0.2) is 0 Å². The van der Waals surface area contributed by atoms with Crippen molar-refractivity contribution in [3.05, 3.63) is 89.0 Å². The molecule has 0 spiro atoms. The van der Waals surface area contributed by atoms with Crippen LogP contribution in [0.2, 0.25) is 0 Å². The van der Waals surface area contributed by atoms with Crippen molar-refractivity contribution >= 4 is 11.4 Å². The van der Waals surface area contributed by atoms with E-state index in [0.29, 0.717) is 11.4 Å². The minimum absolute atomic E-state index is 0.0511. The van der Waals surface area contributed by atoms with Gasteiger partial charge in [-0.05, 0) is 34.4 Å². The SMILES string of the molecule is CC1(C)c2ccccc2-c2ccc(C(=N)c3ccccc3N)cc21. The lowest BCUT2D eigenvalue weighted by Crippen LogP contribution is -2.16. The van der Waals surface area contributed by atoms with E-state index in [4.69, 9.17) is 11.1 Å². The maximum atomic E-state index is 8.58. The number of benzene rings is 3. The van der Waals surface area contributed by atoms with Crippen LogP contribution < -0.4 is 5.73 Å². The average Bonchev–Trinajstić information content (AvgIpc) is 2.83. The summed E-state index contributed by atoms with van der Waals surface area (Å²) in [6.45, 7) is 4.50. The highest BCUT2D eigenvalue weighted by molar-refractivity contribution is 6.14. The zero-order valence-electron chi connectivity index (χ0n) is 13.9. The number of hydrogen-bond donors (Lipinski definition) is 2. The van der Waals surface area contributed by atoms with Gasteiger partial charge in [-0.1, -0.05) is 68.4 Å². The summed E-state index contributed by atoms with van der Waals surface area (Å²) in [5, 5.41) is 8.58. The van der Waals surface area contributed by atoms with Crippen LogP contribution in [0, 0.1) is 5.41 Å². The summed E-state index contributed by atoms with van der Waals surface area (Å²) < 4.78 is 0. The van der Waals surface area contributed by atoms with Crippen molar-refractivity contribution in [2.45, 2.75) is 19.3 Å². The third-order valence-electron chi connectivity index (χ3n) is 5.10. The molecule has 0 bridgehead atoms. The van der Waals surface area contributed by atoms with E-state index in [1.807, 2.05) is 30.3 Å². The Bertz CT molecular complexity index is 967. The molecule has 0 saturated heterocycles. The second-order valence-electron chi connectivity index (χ2n) is 6.89. The van der Waals surface area contributed by atoms with Gasteiger partial charge in [0.15, 0.2) is 0 Å². The molecule has 4 rings (SSSR count). The number of rotatable bonds is 2. The molecule has 3 aromatic rings. The van der Waals surface area contributed by atoms with E-state index in [2.05, 4.69) is 50.2 Å². The van der Waals surface area contributed by atoms with Crippen LogP contribution >= 0.6 is 0 Å². The number of nitrogen functional groups attached to an aromatic ring is 1. The van der Waals surface area contributed by atoms with Gasteiger partial charge >= 0.3 is 0 Å². The van der Waals surface area contributed by atoms with E-state index in [-0.39, 0.29) is 5.41 Å². The summed E-state index contributed by atoms with van der Waals surface area (Å²) in [6.07, 6.45) is 0. The molecule has 24 heavy (non-hydrogen) atoms. The fourth-order valence-corrected chi connectivity index (χ4v) is 3.74. The molecule has 1 aliphatic carbocycles. The van der Waals surface area contributed by atoms with Gasteiger partial charge in [-0.15, -0.1) is 0 Å². The van der Waals surface area contributed by atoms with Crippen molar-refractivity contribution < 1.29 is 0 Å². The van der Waals surface area contributed by atoms with Crippen molar-refractivity contribution in [1.82, 2.24) is 0 Å². The smallest absolute Gasteiger partial charge is 0.0705 e. The first-order chi connectivity index (χ1) is 11.5. The molecule has 0 radical (unpaired) electrons. The average molecular weight is 312 g/mol. The zero-order chi connectivity index (χ0) is 16.9. The molecular formula is C22H20N2. The number of fused-ring (bicyclic) bond motifs is 3. The van der Waals surface area contributed by atoms with E-state index < -0.39 is 0 Å². The molecule has 0 heterocycles. The largest absolute Gasteiger partial charge is 0.398 e. The van der Waals surface area contributed by atoms with Gasteiger partial charge in [-0.3, -0.25) is 5.41 Å². The van der Waals surface area contributed by atoms with Crippen molar-refractivity contribution in [3.8, 4) is 11.1 Å². The number of para-hydroxylation sites is 1. The Labute approximate surface area is 142 Å². The third kappa shape index (κ3) is 2.00. The molecule has 3 N–H and O–H groups in total. The van der Waals surface area contributed by atoms with Crippen LogP contribution in [0.1, 0.15) is 36.1 Å². The standard InChI is InChI=1S/C22H20N2/c1-22(2)18-9-5-3-7-15(18)16-12-11-14(13-19(16)22)21(24)17-8-4-6-10-20(17)23/h3-13,24H,23H2,1-2H3. The number of anilines is 1. The van der Waals surface area contributed by atoms with E-state index in [9.17, 15) is 0 Å². The van der Waals surface area contributed by atoms with Crippen molar-refractivity contribution in [3.63, 3.8) is 0 Å². The summed E-state index contributed by atoms with van der Waals surface area (Å²) in [7, 11) is 0. The van der Waals surface area contributed by atoms with Gasteiger partial charge < -0.3 is 5.73 Å². The maximum Gasteiger partial charge on any atom is 0.0705 e. The topological polar surface area (TPSA) is 49.9 Å². The van der Waals surface area contributed by atoms with E-state index in [0.717, 1.165) is 11.1 Å². The molecule has 0 atom stereocenters. The lowest BCUT2D eigenvalue weighted by Gasteiger charge is -2.22. The van der Waals surface area contributed by atoms with E-state index in [1.165, 1.54) is 22.3 Å². The molecule has 0 aliphatic heterocycles. The fraction of sp³-hybridized carbons (Fsp3) is 0.136. The van der Waals surface area contributed by atoms with Crippen LogP contribution in [-0.2, 0) is 5.41 Å². The molecule has 0 fully saturated rings. The monoisotopic (exact) mass is 312 g/mol. The number of hydrogen-bond acceptors (Lipinski definition) is 2. The number of nitrogens with two attached hydrogens (primary N) is 1. The fourth-order valence-electron chi connectivity index (χ4n) is 3.74. The second kappa shape index (κ2) is 5.07. The van der Waals surface area contributed by atoms with Crippen LogP contribution in [0.4, 0.5) is 5.69 Å². The Balaban J connectivity index is 1.85. The molecule has 0 aromatic heterocycles. The maximum absolute atomic E-state index is 8.58. The lowest BCUT2D eigenvalue weighted by molar-refractivity contribution is 0.660. The Hall–Kier alpha value is -2.87. The molecule has 0 unspecified atom stereocenters. The van der Waals surface area contributed by atoms with Gasteiger partial charge in [0.05, 0.1) is 5.71 Å². The quantitative estimate of drug-likeness (QED) is 0.508. The van der Waals surface area contributed by atoms with Crippen LogP contribution in [0.15, 0.2) is 66.7 Å². The first-order valence-corrected chi connectivity index (χ1v) is 8.18. The van der Waals surface area contributed by atoms with Crippen LogP contribution in [0.25, 0.3) is 11.1 Å². The van der Waals surface area contributed by atoms with E-state index in [1.54, 1.807) is 0 Å². The minimum atomic E-state index is -0.0511. The highest BCUT2D eigenvalue weighted by Crippen LogP contribution is 2.48. The van der Waals surface area contributed by atoms with Gasteiger partial charge in [0, 0.05) is 22.2 Å².